The molecule has 0 aliphatic carbocycles. The summed E-state index contributed by atoms with van der Waals surface area (Å²) >= 11 is 3.12. The van der Waals surface area contributed by atoms with E-state index in [1.807, 2.05) is 12.1 Å². The minimum absolute atomic E-state index is 0.0115. The summed E-state index contributed by atoms with van der Waals surface area (Å²) in [5, 5.41) is 3.26. The van der Waals surface area contributed by atoms with Gasteiger partial charge >= 0.3 is 0 Å². The fraction of sp³-hybridized carbons (Fsp3) is 0.333. The first-order chi connectivity index (χ1) is 7.69. The smallest absolute Gasteiger partial charge is 0.137 e. The highest BCUT2D eigenvalue weighted by molar-refractivity contribution is 9.10. The summed E-state index contributed by atoms with van der Waals surface area (Å²) in [4.78, 5) is 0. The van der Waals surface area contributed by atoms with E-state index in [1.165, 1.54) is 6.07 Å². The molecule has 16 heavy (non-hydrogen) atoms. The van der Waals surface area contributed by atoms with Crippen molar-refractivity contribution in [1.82, 2.24) is 5.32 Å². The average molecular weight is 287 g/mol. The molecule has 0 saturated heterocycles. The minimum atomic E-state index is -0.263. The van der Waals surface area contributed by atoms with Gasteiger partial charge in [0.1, 0.15) is 5.82 Å². The summed E-state index contributed by atoms with van der Waals surface area (Å²) in [5.41, 5.74) is 6.52. The Kier molecular flexibility index (Phi) is 5.66. The Morgan fingerprint density at radius 2 is 2.31 bits per heavy atom. The molecular formula is C12H16BrFN2. The van der Waals surface area contributed by atoms with Crippen molar-refractivity contribution >= 4 is 15.9 Å². The average Bonchev–Trinajstić information content (AvgIpc) is 2.29. The molecule has 1 unspecified atom stereocenters. The molecule has 0 aromatic heterocycles. The molecule has 0 amide bonds. The van der Waals surface area contributed by atoms with Gasteiger partial charge in [0.05, 0.1) is 4.47 Å². The topological polar surface area (TPSA) is 38.0 Å². The molecular weight excluding hydrogens is 271 g/mol. The zero-order chi connectivity index (χ0) is 12.0. The second kappa shape index (κ2) is 6.78. The molecule has 0 bridgehead atoms. The van der Waals surface area contributed by atoms with Crippen LogP contribution in [0.15, 0.2) is 35.3 Å². The molecule has 88 valence electrons. The van der Waals surface area contributed by atoms with Crippen LogP contribution in [0.2, 0.25) is 0 Å². The molecule has 1 aromatic carbocycles. The van der Waals surface area contributed by atoms with Crippen molar-refractivity contribution in [3.8, 4) is 0 Å². The second-order valence-corrected chi connectivity index (χ2v) is 4.35. The van der Waals surface area contributed by atoms with E-state index in [0.717, 1.165) is 18.5 Å². The second-order valence-electron chi connectivity index (χ2n) is 3.49. The van der Waals surface area contributed by atoms with Crippen LogP contribution in [0.1, 0.15) is 18.0 Å². The maximum Gasteiger partial charge on any atom is 0.137 e. The van der Waals surface area contributed by atoms with Crippen LogP contribution in [0.3, 0.4) is 0 Å². The molecule has 1 rings (SSSR count). The van der Waals surface area contributed by atoms with Crippen molar-refractivity contribution in [1.29, 1.82) is 0 Å². The molecule has 0 aliphatic heterocycles. The predicted octanol–water partition coefficient (Wildman–Crippen LogP) is 2.75. The number of benzene rings is 1. The fourth-order valence-electron chi connectivity index (χ4n) is 1.43. The highest BCUT2D eigenvalue weighted by Crippen LogP contribution is 2.20. The number of halogens is 2. The number of nitrogens with two attached hydrogens (primary N) is 1. The SMILES string of the molecule is C=CCCNC(CN)c1ccc(Br)c(F)c1. The van der Waals surface area contributed by atoms with Crippen molar-refractivity contribution in [2.45, 2.75) is 12.5 Å². The summed E-state index contributed by atoms with van der Waals surface area (Å²) in [6, 6.07) is 5.05. The van der Waals surface area contributed by atoms with E-state index in [4.69, 9.17) is 5.73 Å². The van der Waals surface area contributed by atoms with Gasteiger partial charge in [-0.15, -0.1) is 6.58 Å². The Balaban J connectivity index is 2.70. The first-order valence-corrected chi connectivity index (χ1v) is 5.97. The molecule has 0 heterocycles. The Labute approximate surface area is 104 Å². The summed E-state index contributed by atoms with van der Waals surface area (Å²) in [6.45, 7) is 4.88. The van der Waals surface area contributed by atoms with Crippen molar-refractivity contribution in [2.24, 2.45) is 5.73 Å². The van der Waals surface area contributed by atoms with Gasteiger partial charge in [0.25, 0.3) is 0 Å². The van der Waals surface area contributed by atoms with Crippen LogP contribution in [0.4, 0.5) is 4.39 Å². The molecule has 1 aromatic rings. The lowest BCUT2D eigenvalue weighted by Crippen LogP contribution is -2.28. The Morgan fingerprint density at radius 1 is 1.56 bits per heavy atom. The van der Waals surface area contributed by atoms with Crippen molar-refractivity contribution in [3.05, 3.63) is 46.7 Å². The van der Waals surface area contributed by atoms with E-state index in [-0.39, 0.29) is 11.9 Å². The third kappa shape index (κ3) is 3.70. The van der Waals surface area contributed by atoms with E-state index >= 15 is 0 Å². The standard InChI is InChI=1S/C12H16BrFN2/c1-2-3-6-16-12(8-15)9-4-5-10(13)11(14)7-9/h2,4-5,7,12,16H,1,3,6,8,15H2. The lowest BCUT2D eigenvalue weighted by atomic mass is 10.1. The minimum Gasteiger partial charge on any atom is -0.329 e. The van der Waals surface area contributed by atoms with Crippen LogP contribution in [0.5, 0.6) is 0 Å². The van der Waals surface area contributed by atoms with Crippen LogP contribution >= 0.6 is 15.9 Å². The maximum atomic E-state index is 13.3. The monoisotopic (exact) mass is 286 g/mol. The lowest BCUT2D eigenvalue weighted by molar-refractivity contribution is 0.541. The molecule has 2 nitrogen and oxygen atoms in total. The molecule has 0 spiro atoms. The van der Waals surface area contributed by atoms with Gasteiger partial charge in [0.2, 0.25) is 0 Å². The Hall–Kier alpha value is -0.710. The van der Waals surface area contributed by atoms with Gasteiger partial charge in [0, 0.05) is 12.6 Å². The summed E-state index contributed by atoms with van der Waals surface area (Å²) in [5.74, 6) is -0.263. The molecule has 0 saturated carbocycles. The van der Waals surface area contributed by atoms with Crippen LogP contribution in [0.25, 0.3) is 0 Å². The van der Waals surface area contributed by atoms with E-state index in [9.17, 15) is 4.39 Å². The van der Waals surface area contributed by atoms with Crippen LogP contribution in [-0.4, -0.2) is 13.1 Å². The first-order valence-electron chi connectivity index (χ1n) is 5.18. The maximum absolute atomic E-state index is 13.3. The third-order valence-electron chi connectivity index (χ3n) is 2.32. The van der Waals surface area contributed by atoms with Crippen molar-refractivity contribution < 1.29 is 4.39 Å². The molecule has 1 atom stereocenters. The van der Waals surface area contributed by atoms with Gasteiger partial charge in [-0.3, -0.25) is 0 Å². The highest BCUT2D eigenvalue weighted by Gasteiger charge is 2.10. The van der Waals surface area contributed by atoms with Gasteiger partial charge < -0.3 is 11.1 Å². The summed E-state index contributed by atoms with van der Waals surface area (Å²) in [6.07, 6.45) is 2.71. The zero-order valence-corrected chi connectivity index (χ0v) is 10.6. The summed E-state index contributed by atoms with van der Waals surface area (Å²) in [7, 11) is 0. The molecule has 0 radical (unpaired) electrons. The quantitative estimate of drug-likeness (QED) is 0.623. The number of rotatable bonds is 6. The van der Waals surface area contributed by atoms with E-state index in [0.29, 0.717) is 11.0 Å². The van der Waals surface area contributed by atoms with E-state index in [1.54, 1.807) is 6.07 Å². The molecule has 0 aliphatic rings. The number of hydrogen-bond donors (Lipinski definition) is 2. The predicted molar refractivity (Wildman–Crippen MR) is 68.7 cm³/mol. The first kappa shape index (κ1) is 13.4. The van der Waals surface area contributed by atoms with Gasteiger partial charge in [-0.25, -0.2) is 4.39 Å². The van der Waals surface area contributed by atoms with Crippen molar-refractivity contribution in [3.63, 3.8) is 0 Å². The molecule has 0 fully saturated rings. The van der Waals surface area contributed by atoms with Gasteiger partial charge in [-0.05, 0) is 46.6 Å². The van der Waals surface area contributed by atoms with Gasteiger partial charge in [-0.1, -0.05) is 12.1 Å². The van der Waals surface area contributed by atoms with Crippen LogP contribution in [-0.2, 0) is 0 Å². The third-order valence-corrected chi connectivity index (χ3v) is 2.96. The lowest BCUT2D eigenvalue weighted by Gasteiger charge is -2.17. The fourth-order valence-corrected chi connectivity index (χ4v) is 1.67. The Morgan fingerprint density at radius 3 is 2.88 bits per heavy atom. The molecule has 3 N–H and O–H groups in total. The van der Waals surface area contributed by atoms with Gasteiger partial charge in [-0.2, -0.15) is 0 Å². The summed E-state index contributed by atoms with van der Waals surface area (Å²) < 4.78 is 13.8. The zero-order valence-electron chi connectivity index (χ0n) is 9.05. The molecule has 4 heteroatoms. The van der Waals surface area contributed by atoms with Crippen molar-refractivity contribution in [2.75, 3.05) is 13.1 Å². The van der Waals surface area contributed by atoms with E-state index < -0.39 is 0 Å². The number of nitrogens with one attached hydrogen (secondary N) is 1. The van der Waals surface area contributed by atoms with Crippen LogP contribution in [0, 0.1) is 5.82 Å². The van der Waals surface area contributed by atoms with E-state index in [2.05, 4.69) is 27.8 Å². The van der Waals surface area contributed by atoms with Crippen LogP contribution < -0.4 is 11.1 Å². The highest BCUT2D eigenvalue weighted by atomic mass is 79.9. The largest absolute Gasteiger partial charge is 0.329 e. The normalized spacial score (nSPS) is 12.4. The number of hydrogen-bond acceptors (Lipinski definition) is 2. The Bertz CT molecular complexity index is 355. The van der Waals surface area contributed by atoms with Gasteiger partial charge in [0.15, 0.2) is 0 Å².